The van der Waals surface area contributed by atoms with Gasteiger partial charge in [-0.15, -0.1) is 0 Å². The molecule has 5 aliphatic rings. The first-order valence-electron chi connectivity index (χ1n) is 11.5. The van der Waals surface area contributed by atoms with E-state index in [-0.39, 0.29) is 31.0 Å². The van der Waals surface area contributed by atoms with Crippen LogP contribution in [0.25, 0.3) is 0 Å². The Hall–Kier alpha value is -0.770. The second-order valence-electron chi connectivity index (χ2n) is 12.0. The van der Waals surface area contributed by atoms with Gasteiger partial charge in [0, 0.05) is 22.7 Å². The maximum Gasteiger partial charge on any atom is 0.334 e. The van der Waals surface area contributed by atoms with Gasteiger partial charge in [-0.3, -0.25) is 0 Å². The first-order valence-corrected chi connectivity index (χ1v) is 11.5. The molecule has 1 heterocycles. The van der Waals surface area contributed by atoms with Crippen molar-refractivity contribution in [3.8, 4) is 0 Å². The zero-order valence-corrected chi connectivity index (χ0v) is 18.9. The van der Waals surface area contributed by atoms with Gasteiger partial charge in [-0.05, 0) is 52.4 Å². The third kappa shape index (κ3) is 2.44. The van der Waals surface area contributed by atoms with Crippen molar-refractivity contribution in [2.24, 2.45) is 28.6 Å². The second-order valence-corrected chi connectivity index (χ2v) is 12.0. The topological polar surface area (TPSA) is 140 Å². The van der Waals surface area contributed by atoms with Gasteiger partial charge in [0.25, 0.3) is 0 Å². The van der Waals surface area contributed by atoms with E-state index in [0.29, 0.717) is 12.8 Å². The van der Waals surface area contributed by atoms with Gasteiger partial charge in [-0.2, -0.15) is 0 Å². The van der Waals surface area contributed by atoms with Crippen molar-refractivity contribution >= 4 is 5.97 Å². The Morgan fingerprint density at radius 3 is 2.39 bits per heavy atom. The molecule has 1 aliphatic heterocycles. The van der Waals surface area contributed by atoms with Crippen molar-refractivity contribution in [3.05, 3.63) is 0 Å². The summed E-state index contributed by atoms with van der Waals surface area (Å²) in [6.07, 6.45) is -2.43. The van der Waals surface area contributed by atoms with Gasteiger partial charge in [-0.25, -0.2) is 4.79 Å². The Labute approximate surface area is 182 Å². The molecule has 176 valence electrons. The molecule has 2 bridgehead atoms. The number of ether oxygens (including phenoxy) is 2. The van der Waals surface area contributed by atoms with Crippen molar-refractivity contribution in [3.63, 3.8) is 0 Å². The Morgan fingerprint density at radius 2 is 1.77 bits per heavy atom. The largest absolute Gasteiger partial charge is 0.459 e. The van der Waals surface area contributed by atoms with Gasteiger partial charge in [0.15, 0.2) is 0 Å². The smallest absolute Gasteiger partial charge is 0.334 e. The van der Waals surface area contributed by atoms with Gasteiger partial charge >= 0.3 is 5.97 Å². The summed E-state index contributed by atoms with van der Waals surface area (Å²) in [5.74, 6) is -2.28. The summed E-state index contributed by atoms with van der Waals surface area (Å²) in [5.41, 5.74) is -5.87. The van der Waals surface area contributed by atoms with E-state index in [9.17, 15) is 30.3 Å². The Kier molecular flexibility index (Phi) is 4.28. The highest BCUT2D eigenvalue weighted by atomic mass is 16.6. The summed E-state index contributed by atoms with van der Waals surface area (Å²) >= 11 is 0. The SMILES string of the molecule is C[C@@H](O)C(=O)O[C@@H]1[C@H]2CC[C@H]3[C@@](C)(O)[C@@H]4[C@@H]5O[C@@H]5C(C)(C)[C@@]4(O)[C@H](O)C[C@@]13C[C@@]2(C)O. The molecule has 12 atom stereocenters. The van der Waals surface area contributed by atoms with E-state index in [1.807, 2.05) is 13.8 Å². The number of aliphatic hydroxyl groups excluding tert-OH is 2. The summed E-state index contributed by atoms with van der Waals surface area (Å²) in [6.45, 7) is 8.47. The van der Waals surface area contributed by atoms with E-state index >= 15 is 0 Å². The monoisotopic (exact) mass is 440 g/mol. The fourth-order valence-electron chi connectivity index (χ4n) is 8.65. The van der Waals surface area contributed by atoms with Crippen LogP contribution in [0.5, 0.6) is 0 Å². The molecule has 8 heteroatoms. The molecule has 5 N–H and O–H groups in total. The number of fused-ring (bicyclic) bond motifs is 4. The predicted octanol–water partition coefficient (Wildman–Crippen LogP) is 0.116. The highest BCUT2D eigenvalue weighted by Crippen LogP contribution is 2.73. The van der Waals surface area contributed by atoms with Crippen LogP contribution in [0.1, 0.15) is 60.3 Å². The summed E-state index contributed by atoms with van der Waals surface area (Å²) in [7, 11) is 0. The zero-order chi connectivity index (χ0) is 22.9. The normalized spacial score (nSPS) is 59.7. The van der Waals surface area contributed by atoms with Crippen LogP contribution in [0.3, 0.4) is 0 Å². The lowest BCUT2D eigenvalue weighted by Crippen LogP contribution is -2.63. The van der Waals surface area contributed by atoms with Crippen LogP contribution in [0.4, 0.5) is 0 Å². The Bertz CT molecular complexity index is 805. The molecule has 8 nitrogen and oxygen atoms in total. The van der Waals surface area contributed by atoms with Crippen molar-refractivity contribution in [2.75, 3.05) is 0 Å². The van der Waals surface area contributed by atoms with Crippen molar-refractivity contribution in [2.45, 2.75) is 108 Å². The maximum absolute atomic E-state index is 12.4. The Morgan fingerprint density at radius 1 is 1.13 bits per heavy atom. The first kappa shape index (κ1) is 22.0. The van der Waals surface area contributed by atoms with Crippen LogP contribution >= 0.6 is 0 Å². The number of carbonyl (C=O) groups is 1. The lowest BCUT2D eigenvalue weighted by Gasteiger charge is -2.52. The molecule has 0 aromatic rings. The van der Waals surface area contributed by atoms with Gasteiger partial charge in [0.2, 0.25) is 0 Å². The number of epoxide rings is 1. The minimum absolute atomic E-state index is 0.0914. The molecule has 0 aromatic heterocycles. The molecule has 0 unspecified atom stereocenters. The van der Waals surface area contributed by atoms with E-state index in [2.05, 4.69) is 0 Å². The van der Waals surface area contributed by atoms with Crippen LogP contribution in [-0.2, 0) is 14.3 Å². The van der Waals surface area contributed by atoms with Gasteiger partial charge < -0.3 is 35.0 Å². The third-order valence-corrected chi connectivity index (χ3v) is 9.95. The number of rotatable bonds is 2. The van der Waals surface area contributed by atoms with Crippen LogP contribution in [0.2, 0.25) is 0 Å². The van der Waals surface area contributed by atoms with Crippen LogP contribution in [0.15, 0.2) is 0 Å². The number of carbonyl (C=O) groups excluding carboxylic acids is 1. The fraction of sp³-hybridized carbons (Fsp3) is 0.957. The molecule has 31 heavy (non-hydrogen) atoms. The van der Waals surface area contributed by atoms with Gasteiger partial charge in [-0.1, -0.05) is 13.8 Å². The van der Waals surface area contributed by atoms with Crippen molar-refractivity contribution in [1.82, 2.24) is 0 Å². The second kappa shape index (κ2) is 6.02. The maximum atomic E-state index is 12.4. The van der Waals surface area contributed by atoms with E-state index in [1.165, 1.54) is 6.92 Å². The first-order chi connectivity index (χ1) is 14.1. The molecule has 5 fully saturated rings. The number of hydrogen-bond donors (Lipinski definition) is 5. The average molecular weight is 441 g/mol. The summed E-state index contributed by atoms with van der Waals surface area (Å²) < 4.78 is 11.7. The third-order valence-electron chi connectivity index (χ3n) is 9.95. The molecule has 1 spiro atoms. The van der Waals surface area contributed by atoms with Crippen LogP contribution in [0, 0.1) is 28.6 Å². The number of aliphatic hydroxyl groups is 5. The molecular formula is C23H36O8. The minimum Gasteiger partial charge on any atom is -0.459 e. The van der Waals surface area contributed by atoms with E-state index in [1.54, 1.807) is 13.8 Å². The average Bonchev–Trinajstić information content (AvgIpc) is 3.36. The van der Waals surface area contributed by atoms with Gasteiger partial charge in [0.1, 0.15) is 17.8 Å². The molecule has 0 amide bonds. The van der Waals surface area contributed by atoms with Crippen LogP contribution < -0.4 is 0 Å². The lowest BCUT2D eigenvalue weighted by atomic mass is 9.57. The minimum atomic E-state index is -1.58. The predicted molar refractivity (Wildman–Crippen MR) is 108 cm³/mol. The van der Waals surface area contributed by atoms with Crippen molar-refractivity contribution < 1.29 is 39.8 Å². The highest BCUT2D eigenvalue weighted by molar-refractivity contribution is 5.74. The number of esters is 1. The summed E-state index contributed by atoms with van der Waals surface area (Å²) in [6, 6.07) is 0. The van der Waals surface area contributed by atoms with Gasteiger partial charge in [0.05, 0.1) is 29.5 Å². The molecular weight excluding hydrogens is 404 g/mol. The fourth-order valence-corrected chi connectivity index (χ4v) is 8.65. The molecule has 5 rings (SSSR count). The molecule has 0 radical (unpaired) electrons. The quantitative estimate of drug-likeness (QED) is 0.301. The van der Waals surface area contributed by atoms with Crippen molar-refractivity contribution in [1.29, 1.82) is 0 Å². The highest BCUT2D eigenvalue weighted by Gasteiger charge is 2.83. The molecule has 4 aliphatic carbocycles. The standard InChI is InChI=1S/C23H36O8/c1-10(24)18(26)31-16-11-6-7-12-21(5,28)15-14-17(30-14)19(2,3)23(15,29)13(25)8-22(12,16)9-20(11,4)27/h10-17,24-25,27-29H,6-9H2,1-5H3/t10-,11-,12+,13-,14+,15+,16-,17+,20-,21-,22+,23-/m1/s1. The molecule has 0 aromatic carbocycles. The Balaban J connectivity index is 1.66. The molecule has 4 saturated carbocycles. The van der Waals surface area contributed by atoms with E-state index < -0.39 is 63.8 Å². The zero-order valence-electron chi connectivity index (χ0n) is 18.9. The lowest BCUT2D eigenvalue weighted by molar-refractivity contribution is -0.223. The summed E-state index contributed by atoms with van der Waals surface area (Å²) in [4.78, 5) is 12.4. The van der Waals surface area contributed by atoms with E-state index in [4.69, 9.17) is 9.47 Å². The van der Waals surface area contributed by atoms with E-state index in [0.717, 1.165) is 0 Å². The van der Waals surface area contributed by atoms with Crippen LogP contribution in [-0.4, -0.2) is 78.8 Å². The number of hydrogen-bond acceptors (Lipinski definition) is 8. The molecule has 1 saturated heterocycles. The summed E-state index contributed by atoms with van der Waals surface area (Å²) in [5, 5.41) is 56.6.